The fourth-order valence-corrected chi connectivity index (χ4v) is 24.9. The summed E-state index contributed by atoms with van der Waals surface area (Å²) < 4.78 is 23.2. The van der Waals surface area contributed by atoms with Crippen LogP contribution in [0.5, 0.6) is 17.2 Å². The molecule has 0 bridgehead atoms. The number of hydrogen-bond donors (Lipinski definition) is 0. The second-order valence-corrected chi connectivity index (χ2v) is 35.8. The maximum absolute atomic E-state index is 8.68. The fraction of sp³-hybridized carbons (Fsp3) is 0.194. The van der Waals surface area contributed by atoms with Crippen LogP contribution in [-0.2, 0) is 4.87 Å². The van der Waals surface area contributed by atoms with Crippen LogP contribution in [0.2, 0.25) is 15.1 Å². The highest BCUT2D eigenvalue weighted by molar-refractivity contribution is 7.01. The molecule has 0 fully saturated rings. The van der Waals surface area contributed by atoms with Crippen molar-refractivity contribution in [2.45, 2.75) is 82.3 Å². The summed E-state index contributed by atoms with van der Waals surface area (Å²) in [6.07, 6.45) is 0. The van der Waals surface area contributed by atoms with E-state index >= 15 is 0 Å². The molecule has 0 N–H and O–H groups in total. The van der Waals surface area contributed by atoms with Crippen molar-refractivity contribution >= 4 is 67.7 Å². The molecule has 0 saturated heterocycles. The number of alkyl halides is 1. The van der Waals surface area contributed by atoms with E-state index in [1.165, 1.54) is 31.1 Å². The van der Waals surface area contributed by atoms with Gasteiger partial charge in [0.15, 0.2) is 0 Å². The average Bonchev–Trinajstić information content (AvgIpc) is 3.41. The van der Waals surface area contributed by atoms with E-state index in [2.05, 4.69) is 317 Å². The molecule has 74 heavy (non-hydrogen) atoms. The second kappa shape index (κ2) is 20.9. The lowest BCUT2D eigenvalue weighted by Gasteiger charge is -2.43. The number of hydrogen-bond acceptors (Lipinski definition) is 3. The topological polar surface area (TPSA) is 27.7 Å². The van der Waals surface area contributed by atoms with E-state index in [0.29, 0.717) is 0 Å². The lowest BCUT2D eigenvalue weighted by atomic mass is 9.84. The molecule has 0 saturated carbocycles. The molecule has 0 aromatic heterocycles. The molecule has 0 atom stereocenters. The van der Waals surface area contributed by atoms with Gasteiger partial charge in [-0.2, -0.15) is 0 Å². The highest BCUT2D eigenvalue weighted by atomic mass is 35.5. The Morgan fingerprint density at radius 2 is 0.446 bits per heavy atom. The molecular formula is C67H69ClO3Si3. The highest BCUT2D eigenvalue weighted by Crippen LogP contribution is 2.48. The second-order valence-electron chi connectivity index (χ2n) is 22.5. The van der Waals surface area contributed by atoms with Gasteiger partial charge in [-0.3, -0.25) is 0 Å². The van der Waals surface area contributed by atoms with E-state index < -0.39 is 29.8 Å². The van der Waals surface area contributed by atoms with Crippen LogP contribution in [0.1, 0.15) is 79.0 Å². The molecule has 0 spiro atoms. The van der Waals surface area contributed by atoms with Gasteiger partial charge in [0, 0.05) is 0 Å². The number of rotatable bonds is 15. The van der Waals surface area contributed by atoms with E-state index in [1.807, 2.05) is 0 Å². The summed E-state index contributed by atoms with van der Waals surface area (Å²) in [4.78, 5) is -1.26. The Kier molecular flexibility index (Phi) is 14.8. The minimum absolute atomic E-state index is 0.261. The molecule has 0 aliphatic rings. The lowest BCUT2D eigenvalue weighted by molar-refractivity contribution is 0.505. The smallest absolute Gasteiger partial charge is 0.319 e. The summed E-state index contributed by atoms with van der Waals surface area (Å²) in [5, 5.41) is 6.40. The van der Waals surface area contributed by atoms with Crippen LogP contribution < -0.4 is 44.4 Å². The third-order valence-corrected chi connectivity index (χ3v) is 30.3. The number of halogens is 1. The molecule has 3 nitrogen and oxygen atoms in total. The maximum atomic E-state index is 8.68. The Bertz CT molecular complexity index is 2790. The summed E-state index contributed by atoms with van der Waals surface area (Å²) >= 11 is 8.68. The molecule has 9 aromatic rings. The molecule has 0 aliphatic carbocycles. The third-order valence-electron chi connectivity index (χ3n) is 14.8. The van der Waals surface area contributed by atoms with Gasteiger partial charge in [-0.25, -0.2) is 0 Å². The summed E-state index contributed by atoms with van der Waals surface area (Å²) in [7, 11) is -9.12. The minimum atomic E-state index is -3.04. The van der Waals surface area contributed by atoms with Crippen molar-refractivity contribution in [2.24, 2.45) is 0 Å². The zero-order chi connectivity index (χ0) is 52.2. The molecular weight excluding hydrogens is 972 g/mol. The van der Waals surface area contributed by atoms with E-state index in [1.54, 1.807) is 0 Å². The Labute approximate surface area is 449 Å². The van der Waals surface area contributed by atoms with Crippen LogP contribution in [-0.4, -0.2) is 25.0 Å². The van der Waals surface area contributed by atoms with E-state index in [4.69, 9.17) is 24.9 Å². The third kappa shape index (κ3) is 9.65. The monoisotopic (exact) mass is 1040 g/mol. The predicted molar refractivity (Wildman–Crippen MR) is 320 cm³/mol. The van der Waals surface area contributed by atoms with Gasteiger partial charge in [0.25, 0.3) is 0 Å². The van der Waals surface area contributed by atoms with E-state index in [9.17, 15) is 0 Å². The molecule has 0 radical (unpaired) electrons. The van der Waals surface area contributed by atoms with Crippen LogP contribution in [0.15, 0.2) is 255 Å². The van der Waals surface area contributed by atoms with Crippen LogP contribution in [0.25, 0.3) is 0 Å². The molecule has 0 heterocycles. The summed E-state index contributed by atoms with van der Waals surface area (Å²) in [6, 6.07) is 90.2. The Balaban J connectivity index is 1.26. The minimum Gasteiger partial charge on any atom is -0.534 e. The van der Waals surface area contributed by atoms with Gasteiger partial charge in [0.1, 0.15) is 22.1 Å². The normalized spacial score (nSPS) is 12.7. The van der Waals surface area contributed by atoms with Crippen LogP contribution >= 0.6 is 11.6 Å². The average molecular weight is 1040 g/mol. The Morgan fingerprint density at radius 1 is 0.257 bits per heavy atom. The van der Waals surface area contributed by atoms with Crippen LogP contribution in [0.3, 0.4) is 0 Å². The lowest BCUT2D eigenvalue weighted by Crippen LogP contribution is -2.68. The standard InChI is InChI=1S/C67H69ClO3Si3/c1-64(2,3)72(58-37-16-10-17-38-58,59-39-18-11-19-40-59)69-55-34-28-31-52(49-55)67(68,53-32-29-35-56(50-53)70-73(65(4,5)6,60-41-20-12-21-42-60)61-43-22-13-23-44-61)54-33-30-36-57(51-54)71-74(66(7,8)9,62-45-24-14-25-46-62)63-47-26-15-27-48-63/h10-51H,1-9H3. The van der Waals surface area contributed by atoms with Gasteiger partial charge < -0.3 is 13.3 Å². The first kappa shape index (κ1) is 52.2. The van der Waals surface area contributed by atoms with E-state index in [0.717, 1.165) is 33.9 Å². The first-order chi connectivity index (χ1) is 35.4. The predicted octanol–water partition coefficient (Wildman–Crippen LogP) is 14.0. The van der Waals surface area contributed by atoms with Gasteiger partial charge in [0.05, 0.1) is 0 Å². The van der Waals surface area contributed by atoms with Gasteiger partial charge in [-0.15, -0.1) is 11.6 Å². The molecule has 0 amide bonds. The largest absolute Gasteiger partial charge is 0.534 e. The van der Waals surface area contributed by atoms with Crippen molar-refractivity contribution < 1.29 is 13.3 Å². The van der Waals surface area contributed by atoms with Gasteiger partial charge >= 0.3 is 25.0 Å². The first-order valence-electron chi connectivity index (χ1n) is 25.8. The van der Waals surface area contributed by atoms with Gasteiger partial charge in [-0.05, 0) is 99.3 Å². The van der Waals surface area contributed by atoms with Crippen molar-refractivity contribution in [1.82, 2.24) is 0 Å². The molecule has 0 unspecified atom stereocenters. The molecule has 0 aliphatic heterocycles. The van der Waals surface area contributed by atoms with Crippen molar-refractivity contribution in [3.8, 4) is 17.2 Å². The van der Waals surface area contributed by atoms with Crippen molar-refractivity contribution in [1.29, 1.82) is 0 Å². The summed E-state index contributed by atoms with van der Waals surface area (Å²) in [6.45, 7) is 20.8. The zero-order valence-corrected chi connectivity index (χ0v) is 48.1. The van der Waals surface area contributed by atoms with E-state index in [-0.39, 0.29) is 15.1 Å². The molecule has 9 rings (SSSR count). The van der Waals surface area contributed by atoms with Crippen molar-refractivity contribution in [3.05, 3.63) is 271 Å². The van der Waals surface area contributed by atoms with Crippen LogP contribution in [0.4, 0.5) is 0 Å². The summed E-state index contributed by atoms with van der Waals surface area (Å²) in [5.41, 5.74) is 2.58. The molecule has 7 heteroatoms. The van der Waals surface area contributed by atoms with Crippen molar-refractivity contribution in [3.63, 3.8) is 0 Å². The van der Waals surface area contributed by atoms with Crippen LogP contribution in [0, 0.1) is 0 Å². The van der Waals surface area contributed by atoms with Gasteiger partial charge in [0.2, 0.25) is 0 Å². The fourth-order valence-electron chi connectivity index (χ4n) is 11.3. The molecule has 374 valence electrons. The Morgan fingerprint density at radius 3 is 0.622 bits per heavy atom. The zero-order valence-electron chi connectivity index (χ0n) is 44.4. The number of benzene rings is 9. The Hall–Kier alpha value is -6.68. The van der Waals surface area contributed by atoms with Gasteiger partial charge in [-0.1, -0.05) is 281 Å². The summed E-state index contributed by atoms with van der Waals surface area (Å²) in [5.74, 6) is 2.25. The highest BCUT2D eigenvalue weighted by Gasteiger charge is 2.55. The quantitative estimate of drug-likeness (QED) is 0.0582. The van der Waals surface area contributed by atoms with Crippen molar-refractivity contribution in [2.75, 3.05) is 0 Å². The first-order valence-corrected chi connectivity index (χ1v) is 31.9. The molecule has 9 aromatic carbocycles. The SMILES string of the molecule is CC(C)(C)[Si](Oc1cccc(C(Cl)(c2cccc(O[Si](c3ccccc3)(c3ccccc3)C(C)(C)C)c2)c2cccc(O[Si](c3ccccc3)(c3ccccc3)C(C)(C)C)c2)c1)(c1ccccc1)c1ccccc1. The maximum Gasteiger partial charge on any atom is 0.319 e.